The van der Waals surface area contributed by atoms with Gasteiger partial charge >= 0.3 is 0 Å². The van der Waals surface area contributed by atoms with Crippen LogP contribution in [0.2, 0.25) is 0 Å². The third-order valence-electron chi connectivity index (χ3n) is 6.53. The summed E-state index contributed by atoms with van der Waals surface area (Å²) in [5.74, 6) is 1.89. The highest BCUT2D eigenvalue weighted by Gasteiger charge is 2.30. The third-order valence-corrected chi connectivity index (χ3v) is 7.14. The normalized spacial score (nSPS) is 12.4. The molecule has 1 N–H and O–H groups in total. The Bertz CT molecular complexity index is 1180. The fourth-order valence-electron chi connectivity index (χ4n) is 4.24. The van der Waals surface area contributed by atoms with Gasteiger partial charge in [-0.15, -0.1) is 0 Å². The van der Waals surface area contributed by atoms with Gasteiger partial charge in [0.15, 0.2) is 0 Å². The molecule has 0 saturated carbocycles. The van der Waals surface area contributed by atoms with E-state index >= 15 is 0 Å². The summed E-state index contributed by atoms with van der Waals surface area (Å²) in [6.07, 6.45) is 0. The average Bonchev–Trinajstić information content (AvgIpc) is 2.74. The van der Waals surface area contributed by atoms with Gasteiger partial charge in [0.2, 0.25) is 0 Å². The van der Waals surface area contributed by atoms with E-state index in [-0.39, 0.29) is 19.9 Å². The number of aryl methyl sites for hydroxylation is 2. The molecule has 1 atom stereocenters. The van der Waals surface area contributed by atoms with Gasteiger partial charge in [-0.25, -0.2) is 0 Å². The largest absolute Gasteiger partial charge is 0.507 e. The molecule has 0 spiro atoms. The number of aromatic hydroxyl groups is 1. The summed E-state index contributed by atoms with van der Waals surface area (Å²) in [6, 6.07) is 14.0. The molecule has 0 aromatic heterocycles. The molecule has 3 nitrogen and oxygen atoms in total. The number of para-hydroxylation sites is 1. The Hall–Kier alpha value is -2.51. The standard InChI is InChI=1S/C30H39O3P/c1-18-16-23(29(5,6)7)27(31)25(20(18)3)26-21(4)19(2)17-24(30(8,9)10)28(26)33-34-32-22-14-12-11-13-15-22/h11-17,31,34H,1-10H3. The van der Waals surface area contributed by atoms with Crippen molar-refractivity contribution in [3.05, 3.63) is 75.8 Å². The molecule has 34 heavy (non-hydrogen) atoms. The van der Waals surface area contributed by atoms with Crippen LogP contribution in [0.25, 0.3) is 11.1 Å². The van der Waals surface area contributed by atoms with Crippen LogP contribution >= 0.6 is 9.03 Å². The van der Waals surface area contributed by atoms with Crippen LogP contribution in [-0.2, 0) is 10.8 Å². The Morgan fingerprint density at radius 2 is 1.18 bits per heavy atom. The van der Waals surface area contributed by atoms with Crippen LogP contribution in [0.4, 0.5) is 0 Å². The lowest BCUT2D eigenvalue weighted by Crippen LogP contribution is -2.15. The molecule has 0 radical (unpaired) electrons. The predicted octanol–water partition coefficient (Wildman–Crippen LogP) is 8.85. The summed E-state index contributed by atoms with van der Waals surface area (Å²) in [5.41, 5.74) is 8.02. The molecule has 0 amide bonds. The number of hydrogen-bond acceptors (Lipinski definition) is 3. The van der Waals surface area contributed by atoms with Crippen molar-refractivity contribution < 1.29 is 14.2 Å². The summed E-state index contributed by atoms with van der Waals surface area (Å²) in [7, 11) is -0.207. The van der Waals surface area contributed by atoms with E-state index in [4.69, 9.17) is 9.05 Å². The summed E-state index contributed by atoms with van der Waals surface area (Å²) < 4.78 is 12.4. The first-order valence-corrected chi connectivity index (χ1v) is 12.7. The van der Waals surface area contributed by atoms with Gasteiger partial charge in [0.25, 0.3) is 9.03 Å². The molecule has 3 aromatic carbocycles. The first-order chi connectivity index (χ1) is 15.7. The fraction of sp³-hybridized carbons (Fsp3) is 0.400. The lowest BCUT2D eigenvalue weighted by molar-refractivity contribution is 0.447. The second-order valence-electron chi connectivity index (χ2n) is 11.3. The minimum Gasteiger partial charge on any atom is -0.507 e. The van der Waals surface area contributed by atoms with E-state index in [2.05, 4.69) is 81.4 Å². The molecule has 4 heteroatoms. The van der Waals surface area contributed by atoms with Crippen LogP contribution < -0.4 is 9.05 Å². The highest BCUT2D eigenvalue weighted by atomic mass is 31.1. The van der Waals surface area contributed by atoms with Crippen LogP contribution in [0.15, 0.2) is 42.5 Å². The first-order valence-electron chi connectivity index (χ1n) is 11.9. The highest BCUT2D eigenvalue weighted by molar-refractivity contribution is 7.27. The van der Waals surface area contributed by atoms with Gasteiger partial charge in [0.1, 0.15) is 17.2 Å². The van der Waals surface area contributed by atoms with Gasteiger partial charge in [-0.05, 0) is 72.9 Å². The van der Waals surface area contributed by atoms with Crippen LogP contribution in [0.1, 0.15) is 74.9 Å². The van der Waals surface area contributed by atoms with E-state index in [1.807, 2.05) is 30.3 Å². The average molecular weight is 479 g/mol. The topological polar surface area (TPSA) is 38.7 Å². The van der Waals surface area contributed by atoms with Crippen LogP contribution in [-0.4, -0.2) is 5.11 Å². The van der Waals surface area contributed by atoms with E-state index < -0.39 is 0 Å². The van der Waals surface area contributed by atoms with Crippen LogP contribution in [0.3, 0.4) is 0 Å². The quantitative estimate of drug-likeness (QED) is 0.372. The van der Waals surface area contributed by atoms with Crippen LogP contribution in [0.5, 0.6) is 17.2 Å². The van der Waals surface area contributed by atoms with Gasteiger partial charge < -0.3 is 14.2 Å². The fourth-order valence-corrected chi connectivity index (χ4v) is 4.81. The van der Waals surface area contributed by atoms with E-state index in [0.717, 1.165) is 50.4 Å². The van der Waals surface area contributed by atoms with Crippen molar-refractivity contribution in [1.82, 2.24) is 0 Å². The third kappa shape index (κ3) is 5.26. The smallest absolute Gasteiger partial charge is 0.275 e. The zero-order valence-electron chi connectivity index (χ0n) is 22.3. The molecule has 0 aliphatic carbocycles. The molecule has 3 aromatic rings. The minimum atomic E-state index is -0.207. The molecule has 0 aliphatic heterocycles. The van der Waals surface area contributed by atoms with Crippen molar-refractivity contribution in [2.24, 2.45) is 0 Å². The number of rotatable bonds is 5. The molecule has 182 valence electrons. The van der Waals surface area contributed by atoms with Gasteiger partial charge in [-0.3, -0.25) is 0 Å². The molecule has 3 rings (SSSR count). The lowest BCUT2D eigenvalue weighted by Gasteiger charge is -2.30. The van der Waals surface area contributed by atoms with Gasteiger partial charge in [0.05, 0.1) is 0 Å². The number of hydrogen-bond donors (Lipinski definition) is 1. The second kappa shape index (κ2) is 9.62. The van der Waals surface area contributed by atoms with Crippen LogP contribution in [0, 0.1) is 27.7 Å². The van der Waals surface area contributed by atoms with Crippen molar-refractivity contribution in [1.29, 1.82) is 0 Å². The Labute approximate surface area is 207 Å². The molecule has 0 fully saturated rings. The highest BCUT2D eigenvalue weighted by Crippen LogP contribution is 2.51. The lowest BCUT2D eigenvalue weighted by atomic mass is 9.78. The summed E-state index contributed by atoms with van der Waals surface area (Å²) in [4.78, 5) is 0. The zero-order chi connectivity index (χ0) is 25.4. The Kier molecular flexibility index (Phi) is 7.39. The predicted molar refractivity (Wildman–Crippen MR) is 146 cm³/mol. The van der Waals surface area contributed by atoms with Crippen molar-refractivity contribution in [3.8, 4) is 28.4 Å². The number of phenols is 1. The summed E-state index contributed by atoms with van der Waals surface area (Å²) in [5, 5.41) is 11.6. The SMILES string of the molecule is Cc1cc(C(C)(C)C)c(O)c(-c2c(C)c(C)cc(C(C)(C)C)c2OPOc2ccccc2)c1C. The van der Waals surface area contributed by atoms with Gasteiger partial charge in [-0.1, -0.05) is 71.9 Å². The molecule has 1 unspecified atom stereocenters. The Balaban J connectivity index is 2.29. The molecule has 0 aliphatic rings. The van der Waals surface area contributed by atoms with E-state index in [0.29, 0.717) is 5.75 Å². The van der Waals surface area contributed by atoms with Crippen molar-refractivity contribution in [2.75, 3.05) is 0 Å². The van der Waals surface area contributed by atoms with Crippen molar-refractivity contribution in [3.63, 3.8) is 0 Å². The monoisotopic (exact) mass is 478 g/mol. The Morgan fingerprint density at radius 3 is 1.71 bits per heavy atom. The number of benzene rings is 3. The van der Waals surface area contributed by atoms with Gasteiger partial charge in [-0.2, -0.15) is 0 Å². The maximum absolute atomic E-state index is 11.6. The second-order valence-corrected chi connectivity index (χ2v) is 11.8. The minimum absolute atomic E-state index is 0.153. The zero-order valence-corrected chi connectivity index (χ0v) is 23.3. The molecule has 0 saturated heterocycles. The summed E-state index contributed by atoms with van der Waals surface area (Å²) in [6.45, 7) is 21.4. The van der Waals surface area contributed by atoms with E-state index in [1.54, 1.807) is 0 Å². The van der Waals surface area contributed by atoms with E-state index in [9.17, 15) is 5.11 Å². The molecular weight excluding hydrogens is 439 g/mol. The molecular formula is C30H39O3P. The van der Waals surface area contributed by atoms with Gasteiger partial charge in [0, 0.05) is 22.3 Å². The Morgan fingerprint density at radius 1 is 0.676 bits per heavy atom. The van der Waals surface area contributed by atoms with E-state index in [1.165, 1.54) is 5.56 Å². The maximum atomic E-state index is 11.6. The molecule has 0 bridgehead atoms. The summed E-state index contributed by atoms with van der Waals surface area (Å²) >= 11 is 0. The maximum Gasteiger partial charge on any atom is 0.275 e. The number of phenolic OH excluding ortho intramolecular Hbond substituents is 1. The van der Waals surface area contributed by atoms with Crippen molar-refractivity contribution in [2.45, 2.75) is 80.1 Å². The first kappa shape index (κ1) is 26.1. The molecule has 0 heterocycles. The van der Waals surface area contributed by atoms with Crippen molar-refractivity contribution >= 4 is 9.03 Å².